The van der Waals surface area contributed by atoms with E-state index in [0.29, 0.717) is 5.56 Å². The molecule has 0 aliphatic carbocycles. The SMILES string of the molecule is Cc1ccc(S(=O)(=O)[Se]C(F)(F)C(F)(F)C(F)(F)F)cc1. The third-order valence-corrected chi connectivity index (χ3v) is 7.97. The van der Waals surface area contributed by atoms with Gasteiger partial charge in [-0.3, -0.25) is 0 Å². The Kier molecular flexibility index (Phi) is 4.72. The van der Waals surface area contributed by atoms with Crippen molar-refractivity contribution < 1.29 is 39.2 Å². The van der Waals surface area contributed by atoms with Crippen molar-refractivity contribution in [3.8, 4) is 0 Å². The Balaban J connectivity index is 3.16. The van der Waals surface area contributed by atoms with Crippen molar-refractivity contribution in [3.05, 3.63) is 29.8 Å². The maximum absolute atomic E-state index is 13.1. The summed E-state index contributed by atoms with van der Waals surface area (Å²) in [6.45, 7) is 1.55. The topological polar surface area (TPSA) is 34.1 Å². The molecule has 0 unspecified atom stereocenters. The van der Waals surface area contributed by atoms with E-state index in [1.54, 1.807) is 6.92 Å². The third kappa shape index (κ3) is 3.70. The van der Waals surface area contributed by atoms with Crippen LogP contribution in [0.25, 0.3) is 0 Å². The predicted octanol–water partition coefficient (Wildman–Crippen LogP) is 3.18. The molecule has 1 aromatic rings. The Morgan fingerprint density at radius 3 is 1.71 bits per heavy atom. The molecule has 21 heavy (non-hydrogen) atoms. The quantitative estimate of drug-likeness (QED) is 0.572. The summed E-state index contributed by atoms with van der Waals surface area (Å²) in [7, 11) is -4.95. The summed E-state index contributed by atoms with van der Waals surface area (Å²) in [5.41, 5.74) is 0.564. The van der Waals surface area contributed by atoms with Crippen molar-refractivity contribution in [2.45, 2.75) is 28.7 Å². The van der Waals surface area contributed by atoms with Crippen LogP contribution < -0.4 is 0 Å². The molecule has 0 saturated heterocycles. The van der Waals surface area contributed by atoms with Crippen LogP contribution >= 0.6 is 0 Å². The minimum atomic E-state index is -6.54. The van der Waals surface area contributed by atoms with Crippen LogP contribution in [0.3, 0.4) is 0 Å². The summed E-state index contributed by atoms with van der Waals surface area (Å²) in [6, 6.07) is 4.16. The van der Waals surface area contributed by atoms with Gasteiger partial charge in [0.15, 0.2) is 0 Å². The molecule has 0 amide bonds. The molecule has 1 aromatic carbocycles. The van der Waals surface area contributed by atoms with Crippen LogP contribution in [0.1, 0.15) is 5.56 Å². The first kappa shape index (κ1) is 18.2. The van der Waals surface area contributed by atoms with Crippen LogP contribution in [0.4, 0.5) is 30.7 Å². The molecule has 0 radical (unpaired) electrons. The van der Waals surface area contributed by atoms with E-state index < -0.39 is 43.9 Å². The van der Waals surface area contributed by atoms with Crippen molar-refractivity contribution in [3.63, 3.8) is 0 Å². The maximum atomic E-state index is 13.1. The van der Waals surface area contributed by atoms with Gasteiger partial charge in [-0.1, -0.05) is 0 Å². The Bertz CT molecular complexity index is 607. The van der Waals surface area contributed by atoms with Crippen LogP contribution in [-0.4, -0.2) is 39.2 Å². The van der Waals surface area contributed by atoms with Crippen LogP contribution in [-0.2, 0) is 8.26 Å². The molecule has 0 aromatic heterocycles. The van der Waals surface area contributed by atoms with Crippen LogP contribution in [0.2, 0.25) is 0 Å². The second-order valence-electron chi connectivity index (χ2n) is 3.94. The third-order valence-electron chi connectivity index (χ3n) is 2.25. The molecule has 0 bridgehead atoms. The normalized spacial score (nSPS) is 14.3. The number of halogens is 7. The van der Waals surface area contributed by atoms with E-state index in [4.69, 9.17) is 0 Å². The van der Waals surface area contributed by atoms with Gasteiger partial charge in [-0.15, -0.1) is 0 Å². The zero-order chi connectivity index (χ0) is 16.7. The number of benzene rings is 1. The number of aryl methyl sites for hydroxylation is 1. The molecule has 0 atom stereocenters. The van der Waals surface area contributed by atoms with E-state index >= 15 is 0 Å². The molecular formula is C10H7F7O2SSe. The van der Waals surface area contributed by atoms with E-state index in [9.17, 15) is 39.2 Å². The van der Waals surface area contributed by atoms with Gasteiger partial charge in [0.05, 0.1) is 0 Å². The number of hydrogen-bond acceptors (Lipinski definition) is 2. The summed E-state index contributed by atoms with van der Waals surface area (Å²) in [4.78, 5) is -6.45. The molecule has 120 valence electrons. The molecule has 0 spiro atoms. The van der Waals surface area contributed by atoms with Gasteiger partial charge in [-0.05, 0) is 0 Å². The molecule has 0 N–H and O–H groups in total. The van der Waals surface area contributed by atoms with Crippen molar-refractivity contribution in [2.24, 2.45) is 0 Å². The van der Waals surface area contributed by atoms with Crippen LogP contribution in [0, 0.1) is 6.92 Å². The summed E-state index contributed by atoms with van der Waals surface area (Å²) >= 11 is -3.33. The van der Waals surface area contributed by atoms with Crippen molar-refractivity contribution in [2.75, 3.05) is 0 Å². The second-order valence-corrected chi connectivity index (χ2v) is 10.4. The van der Waals surface area contributed by atoms with Crippen molar-refractivity contribution in [1.29, 1.82) is 0 Å². The average molecular weight is 403 g/mol. The Labute approximate surface area is 120 Å². The zero-order valence-corrected chi connectivity index (χ0v) is 12.6. The molecule has 0 heterocycles. The first-order valence-corrected chi connectivity index (χ1v) is 9.42. The fourth-order valence-corrected chi connectivity index (χ4v) is 6.00. The molecule has 0 saturated carbocycles. The molecule has 0 aliphatic heterocycles. The summed E-state index contributed by atoms with van der Waals surface area (Å²) in [5.74, 6) is -6.42. The summed E-state index contributed by atoms with van der Waals surface area (Å²) in [6.07, 6.45) is -6.54. The Hall–Kier alpha value is -0.801. The van der Waals surface area contributed by atoms with Crippen LogP contribution in [0.5, 0.6) is 0 Å². The van der Waals surface area contributed by atoms with Gasteiger partial charge in [-0.25, -0.2) is 0 Å². The summed E-state index contributed by atoms with van der Waals surface area (Å²) in [5, 5.41) is 0. The van der Waals surface area contributed by atoms with Gasteiger partial charge in [0, 0.05) is 0 Å². The summed E-state index contributed by atoms with van der Waals surface area (Å²) < 4.78 is 111. The first-order valence-electron chi connectivity index (χ1n) is 5.05. The van der Waals surface area contributed by atoms with Gasteiger partial charge < -0.3 is 0 Å². The fraction of sp³-hybridized carbons (Fsp3) is 0.400. The van der Waals surface area contributed by atoms with E-state index in [1.165, 1.54) is 12.1 Å². The minimum absolute atomic E-state index is 0.564. The number of rotatable bonds is 4. The predicted molar refractivity (Wildman–Crippen MR) is 60.1 cm³/mol. The Morgan fingerprint density at radius 1 is 0.905 bits per heavy atom. The van der Waals surface area contributed by atoms with Gasteiger partial charge in [-0.2, -0.15) is 0 Å². The van der Waals surface area contributed by atoms with Gasteiger partial charge >= 0.3 is 120 Å². The van der Waals surface area contributed by atoms with Gasteiger partial charge in [0.1, 0.15) is 0 Å². The Morgan fingerprint density at radius 2 is 1.33 bits per heavy atom. The van der Waals surface area contributed by atoms with Crippen molar-refractivity contribution in [1.82, 2.24) is 0 Å². The fourth-order valence-electron chi connectivity index (χ4n) is 1.11. The molecule has 0 fully saturated rings. The standard InChI is InChI=1S/C10H7F7O2SSe/c1-6-2-4-7(5-3-6)20(18,19)21-10(16,17)8(11,12)9(13,14)15/h2-5H,1H3. The van der Waals surface area contributed by atoms with Crippen molar-refractivity contribution >= 4 is 22.1 Å². The number of alkyl halides is 7. The van der Waals surface area contributed by atoms with E-state index in [0.717, 1.165) is 12.1 Å². The monoisotopic (exact) mass is 404 g/mol. The zero-order valence-electron chi connectivity index (χ0n) is 10.1. The average Bonchev–Trinajstić information content (AvgIpc) is 2.26. The van der Waals surface area contributed by atoms with Gasteiger partial charge in [0.25, 0.3) is 0 Å². The second kappa shape index (κ2) is 5.44. The van der Waals surface area contributed by atoms with Crippen LogP contribution in [0.15, 0.2) is 29.2 Å². The first-order chi connectivity index (χ1) is 9.21. The van der Waals surface area contributed by atoms with Gasteiger partial charge in [0.2, 0.25) is 0 Å². The van der Waals surface area contributed by atoms with E-state index in [-0.39, 0.29) is 0 Å². The molecule has 11 heteroatoms. The molecule has 0 aliphatic rings. The molecule has 2 nitrogen and oxygen atoms in total. The molecular weight excluding hydrogens is 396 g/mol. The number of hydrogen-bond donors (Lipinski definition) is 0. The van der Waals surface area contributed by atoms with E-state index in [2.05, 4.69) is 0 Å². The van der Waals surface area contributed by atoms with E-state index in [1.807, 2.05) is 0 Å². The molecule has 1 rings (SSSR count).